The molecule has 10 heteroatoms. The normalized spacial score (nSPS) is 15.0. The van der Waals surface area contributed by atoms with Crippen LogP contribution in [0.25, 0.3) is 16.7 Å². The molecule has 0 unspecified atom stereocenters. The van der Waals surface area contributed by atoms with Gasteiger partial charge in [-0.25, -0.2) is 22.2 Å². The molecule has 180 valence electrons. The standard InChI is InChI=1S/C25H22F2N4O3S/c1-17-28-23-15-18(7-10-24(23)31(17)19-5-3-2-4-6-19)25(32)29-11-13-30(14-12-29)35(33,34)20-8-9-21(26)22(27)16-20/h2-10,15-16H,11-14H2,1H3. The average Bonchev–Trinajstić information content (AvgIpc) is 3.20. The fourth-order valence-electron chi connectivity index (χ4n) is 4.34. The summed E-state index contributed by atoms with van der Waals surface area (Å²) in [6.45, 7) is 2.36. The molecule has 2 heterocycles. The van der Waals surface area contributed by atoms with Crippen LogP contribution in [0.3, 0.4) is 0 Å². The van der Waals surface area contributed by atoms with Gasteiger partial charge in [-0.3, -0.25) is 9.36 Å². The first-order valence-corrected chi connectivity index (χ1v) is 12.5. The zero-order chi connectivity index (χ0) is 24.7. The van der Waals surface area contributed by atoms with Crippen molar-refractivity contribution in [3.8, 4) is 5.69 Å². The summed E-state index contributed by atoms with van der Waals surface area (Å²) in [5, 5.41) is 0. The molecule has 35 heavy (non-hydrogen) atoms. The third-order valence-electron chi connectivity index (χ3n) is 6.14. The number of benzene rings is 3. The molecule has 0 atom stereocenters. The zero-order valence-electron chi connectivity index (χ0n) is 18.9. The molecule has 1 aromatic heterocycles. The number of hydrogen-bond donors (Lipinski definition) is 0. The van der Waals surface area contributed by atoms with Crippen molar-refractivity contribution in [2.24, 2.45) is 0 Å². The summed E-state index contributed by atoms with van der Waals surface area (Å²) in [6, 6.07) is 17.7. The van der Waals surface area contributed by atoms with Crippen molar-refractivity contribution in [2.45, 2.75) is 11.8 Å². The second-order valence-corrected chi connectivity index (χ2v) is 10.2. The first kappa shape index (κ1) is 23.1. The van der Waals surface area contributed by atoms with Gasteiger partial charge < -0.3 is 4.90 Å². The van der Waals surface area contributed by atoms with Gasteiger partial charge in [-0.2, -0.15) is 4.31 Å². The number of fused-ring (bicyclic) bond motifs is 1. The molecular weight excluding hydrogens is 474 g/mol. The van der Waals surface area contributed by atoms with E-state index in [-0.39, 0.29) is 37.0 Å². The van der Waals surface area contributed by atoms with E-state index in [2.05, 4.69) is 4.98 Å². The van der Waals surface area contributed by atoms with E-state index in [0.29, 0.717) is 17.1 Å². The van der Waals surface area contributed by atoms with E-state index in [9.17, 15) is 22.0 Å². The fraction of sp³-hybridized carbons (Fsp3) is 0.200. The van der Waals surface area contributed by atoms with Crippen molar-refractivity contribution in [1.82, 2.24) is 18.8 Å². The molecule has 1 aliphatic heterocycles. The van der Waals surface area contributed by atoms with Gasteiger partial charge in [-0.15, -0.1) is 0 Å². The van der Waals surface area contributed by atoms with Gasteiger partial charge in [0.25, 0.3) is 5.91 Å². The Bertz CT molecular complexity index is 1530. The number of sulfonamides is 1. The predicted octanol–water partition coefficient (Wildman–Crippen LogP) is 3.76. The van der Waals surface area contributed by atoms with Crippen molar-refractivity contribution in [3.63, 3.8) is 0 Å². The molecule has 7 nitrogen and oxygen atoms in total. The van der Waals surface area contributed by atoms with Crippen LogP contribution in [-0.4, -0.2) is 59.3 Å². The summed E-state index contributed by atoms with van der Waals surface area (Å²) in [5.41, 5.74) is 3.02. The highest BCUT2D eigenvalue weighted by atomic mass is 32.2. The smallest absolute Gasteiger partial charge is 0.254 e. The van der Waals surface area contributed by atoms with Gasteiger partial charge in [-0.05, 0) is 55.5 Å². The number of rotatable bonds is 4. The molecule has 1 fully saturated rings. The lowest BCUT2D eigenvalue weighted by Gasteiger charge is -2.34. The van der Waals surface area contributed by atoms with E-state index in [4.69, 9.17) is 0 Å². The third kappa shape index (κ3) is 4.19. The zero-order valence-corrected chi connectivity index (χ0v) is 19.7. The topological polar surface area (TPSA) is 75.5 Å². The lowest BCUT2D eigenvalue weighted by Crippen LogP contribution is -2.50. The number of amides is 1. The number of carbonyl (C=O) groups is 1. The molecule has 5 rings (SSSR count). The monoisotopic (exact) mass is 496 g/mol. The van der Waals surface area contributed by atoms with E-state index < -0.39 is 21.7 Å². The molecule has 1 amide bonds. The van der Waals surface area contributed by atoms with Gasteiger partial charge in [0.2, 0.25) is 10.0 Å². The van der Waals surface area contributed by atoms with Crippen LogP contribution in [0.1, 0.15) is 16.2 Å². The second kappa shape index (κ2) is 8.86. The van der Waals surface area contributed by atoms with Gasteiger partial charge in [0.15, 0.2) is 11.6 Å². The van der Waals surface area contributed by atoms with Crippen LogP contribution >= 0.6 is 0 Å². The number of hydrogen-bond acceptors (Lipinski definition) is 4. The highest BCUT2D eigenvalue weighted by molar-refractivity contribution is 7.89. The molecule has 0 aliphatic carbocycles. The Balaban J connectivity index is 1.33. The summed E-state index contributed by atoms with van der Waals surface area (Å²) < 4.78 is 55.6. The number of aromatic nitrogens is 2. The molecule has 0 spiro atoms. The van der Waals surface area contributed by atoms with Crippen molar-refractivity contribution < 1.29 is 22.0 Å². The number of piperazine rings is 1. The maximum Gasteiger partial charge on any atom is 0.254 e. The Kier molecular flexibility index (Phi) is 5.86. The fourth-order valence-corrected chi connectivity index (χ4v) is 5.77. The van der Waals surface area contributed by atoms with Crippen LogP contribution < -0.4 is 0 Å². The molecule has 4 aromatic rings. The number of nitrogens with zero attached hydrogens (tertiary/aromatic N) is 4. The van der Waals surface area contributed by atoms with Crippen LogP contribution in [0.15, 0.2) is 71.6 Å². The average molecular weight is 497 g/mol. The first-order chi connectivity index (χ1) is 16.8. The van der Waals surface area contributed by atoms with E-state index in [1.54, 1.807) is 17.0 Å². The molecule has 0 saturated carbocycles. The van der Waals surface area contributed by atoms with Crippen LogP contribution in [0.4, 0.5) is 8.78 Å². The van der Waals surface area contributed by atoms with Crippen LogP contribution in [0, 0.1) is 18.6 Å². The van der Waals surface area contributed by atoms with Crippen molar-refractivity contribution >= 4 is 27.0 Å². The lowest BCUT2D eigenvalue weighted by atomic mass is 10.1. The number of para-hydroxylation sites is 1. The lowest BCUT2D eigenvalue weighted by molar-refractivity contribution is 0.0698. The summed E-state index contributed by atoms with van der Waals surface area (Å²) >= 11 is 0. The van der Waals surface area contributed by atoms with Crippen LogP contribution in [0.2, 0.25) is 0 Å². The summed E-state index contributed by atoms with van der Waals surface area (Å²) in [6.07, 6.45) is 0. The summed E-state index contributed by atoms with van der Waals surface area (Å²) in [7, 11) is -4.00. The van der Waals surface area contributed by atoms with Gasteiger partial charge in [-0.1, -0.05) is 18.2 Å². The van der Waals surface area contributed by atoms with E-state index in [0.717, 1.165) is 29.2 Å². The number of carbonyl (C=O) groups excluding carboxylic acids is 1. The number of aryl methyl sites for hydroxylation is 1. The van der Waals surface area contributed by atoms with Gasteiger partial charge in [0.05, 0.1) is 15.9 Å². The highest BCUT2D eigenvalue weighted by Gasteiger charge is 2.31. The summed E-state index contributed by atoms with van der Waals surface area (Å²) in [4.78, 5) is 19.0. The minimum absolute atomic E-state index is 0.0526. The Labute approximate surface area is 201 Å². The SMILES string of the molecule is Cc1nc2cc(C(=O)N3CCN(S(=O)(=O)c4ccc(F)c(F)c4)CC3)ccc2n1-c1ccccc1. The Morgan fingerprint density at radius 1 is 0.886 bits per heavy atom. The van der Waals surface area contributed by atoms with Gasteiger partial charge in [0.1, 0.15) is 5.82 Å². The molecule has 0 radical (unpaired) electrons. The van der Waals surface area contributed by atoms with Crippen molar-refractivity contribution in [2.75, 3.05) is 26.2 Å². The van der Waals surface area contributed by atoms with Gasteiger partial charge in [0, 0.05) is 37.4 Å². The quantitative estimate of drug-likeness (QED) is 0.431. The van der Waals surface area contributed by atoms with Gasteiger partial charge >= 0.3 is 0 Å². The first-order valence-electron chi connectivity index (χ1n) is 11.0. The molecular formula is C25H22F2N4O3S. The van der Waals surface area contributed by atoms with Crippen molar-refractivity contribution in [3.05, 3.63) is 89.8 Å². The second-order valence-electron chi connectivity index (χ2n) is 8.31. The Morgan fingerprint density at radius 3 is 2.29 bits per heavy atom. The minimum Gasteiger partial charge on any atom is -0.336 e. The maximum atomic E-state index is 13.5. The van der Waals surface area contributed by atoms with Crippen LogP contribution in [-0.2, 0) is 10.0 Å². The largest absolute Gasteiger partial charge is 0.336 e. The molecule has 3 aromatic carbocycles. The van der Waals surface area contributed by atoms with E-state index in [1.807, 2.05) is 47.9 Å². The molecule has 0 bridgehead atoms. The maximum absolute atomic E-state index is 13.5. The third-order valence-corrected chi connectivity index (χ3v) is 8.03. The number of imidazole rings is 1. The number of halogens is 2. The van der Waals surface area contributed by atoms with E-state index >= 15 is 0 Å². The minimum atomic E-state index is -4.00. The predicted molar refractivity (Wildman–Crippen MR) is 127 cm³/mol. The van der Waals surface area contributed by atoms with Crippen molar-refractivity contribution in [1.29, 1.82) is 0 Å². The van der Waals surface area contributed by atoms with E-state index in [1.165, 1.54) is 4.31 Å². The molecule has 1 saturated heterocycles. The molecule has 0 N–H and O–H groups in total. The van der Waals surface area contributed by atoms with Crippen LogP contribution in [0.5, 0.6) is 0 Å². The molecule has 1 aliphatic rings. The Morgan fingerprint density at radius 2 is 1.60 bits per heavy atom. The Hall–Kier alpha value is -3.63. The summed E-state index contributed by atoms with van der Waals surface area (Å²) in [5.74, 6) is -1.75. The highest BCUT2D eigenvalue weighted by Crippen LogP contribution is 2.24.